The first-order valence-corrected chi connectivity index (χ1v) is 8.36. The zero-order chi connectivity index (χ0) is 18.8. The number of aromatic nitrogens is 2. The van der Waals surface area contributed by atoms with Crippen LogP contribution in [0.25, 0.3) is 0 Å². The summed E-state index contributed by atoms with van der Waals surface area (Å²) in [5.74, 6) is -0.854. The van der Waals surface area contributed by atoms with Crippen LogP contribution in [0.15, 0.2) is 59.0 Å². The molecule has 7 nitrogen and oxygen atoms in total. The summed E-state index contributed by atoms with van der Waals surface area (Å²) < 4.78 is 18.6. The van der Waals surface area contributed by atoms with Crippen LogP contribution in [0.3, 0.4) is 0 Å². The number of halogens is 1. The molecular formula is C19H15FN4O3. The van der Waals surface area contributed by atoms with E-state index in [4.69, 9.17) is 4.42 Å². The summed E-state index contributed by atoms with van der Waals surface area (Å²) >= 11 is 0. The van der Waals surface area contributed by atoms with Gasteiger partial charge in [-0.1, -0.05) is 23.3 Å². The number of amides is 2. The fourth-order valence-corrected chi connectivity index (χ4v) is 2.95. The highest BCUT2D eigenvalue weighted by Crippen LogP contribution is 2.31. The van der Waals surface area contributed by atoms with E-state index in [-0.39, 0.29) is 41.9 Å². The number of anilines is 2. The van der Waals surface area contributed by atoms with Crippen molar-refractivity contribution in [3.05, 3.63) is 71.9 Å². The quantitative estimate of drug-likeness (QED) is 0.767. The highest BCUT2D eigenvalue weighted by atomic mass is 19.1. The molecule has 2 aromatic carbocycles. The van der Waals surface area contributed by atoms with Crippen molar-refractivity contribution in [2.75, 3.05) is 16.8 Å². The summed E-state index contributed by atoms with van der Waals surface area (Å²) in [4.78, 5) is 26.0. The second-order valence-electron chi connectivity index (χ2n) is 6.15. The molecule has 1 aliphatic rings. The number of benzene rings is 2. The van der Waals surface area contributed by atoms with Gasteiger partial charge < -0.3 is 9.32 Å². The predicted octanol–water partition coefficient (Wildman–Crippen LogP) is 2.98. The first kappa shape index (κ1) is 16.9. The third-order valence-electron chi connectivity index (χ3n) is 4.31. The molecule has 1 saturated heterocycles. The molecule has 2 amide bonds. The molecule has 1 atom stereocenters. The molecule has 4 rings (SSSR count). The smallest absolute Gasteiger partial charge is 0.322 e. The van der Waals surface area contributed by atoms with Crippen LogP contribution in [0.5, 0.6) is 0 Å². The van der Waals surface area contributed by atoms with E-state index >= 15 is 0 Å². The van der Waals surface area contributed by atoms with E-state index in [1.165, 1.54) is 12.1 Å². The van der Waals surface area contributed by atoms with Crippen molar-refractivity contribution in [2.45, 2.75) is 12.3 Å². The summed E-state index contributed by atoms with van der Waals surface area (Å²) in [5.41, 5.74) is 1.08. The molecule has 1 N–H and O–H groups in total. The lowest BCUT2D eigenvalue weighted by atomic mass is 10.1. The van der Waals surface area contributed by atoms with Gasteiger partial charge in [0.25, 0.3) is 5.91 Å². The average molecular weight is 366 g/mol. The number of carbonyl (C=O) groups excluding carboxylic acids is 2. The summed E-state index contributed by atoms with van der Waals surface area (Å²) in [6.45, 7) is 0.346. The minimum Gasteiger partial charge on any atom is -0.407 e. The zero-order valence-corrected chi connectivity index (χ0v) is 14.1. The van der Waals surface area contributed by atoms with Gasteiger partial charge in [0.2, 0.25) is 11.8 Å². The molecule has 27 heavy (non-hydrogen) atoms. The van der Waals surface area contributed by atoms with Gasteiger partial charge in [-0.2, -0.15) is 0 Å². The Morgan fingerprint density at radius 2 is 1.85 bits per heavy atom. The van der Waals surface area contributed by atoms with Crippen molar-refractivity contribution in [3.63, 3.8) is 0 Å². The minimum atomic E-state index is -0.363. The van der Waals surface area contributed by atoms with E-state index in [1.54, 1.807) is 41.3 Å². The maximum absolute atomic E-state index is 13.1. The number of hydrogen-bond acceptors (Lipinski definition) is 5. The molecule has 0 saturated carbocycles. The molecule has 0 aliphatic carbocycles. The molecule has 0 unspecified atom stereocenters. The Morgan fingerprint density at radius 3 is 2.59 bits per heavy atom. The van der Waals surface area contributed by atoms with Crippen molar-refractivity contribution >= 4 is 23.5 Å². The van der Waals surface area contributed by atoms with Crippen LogP contribution in [-0.4, -0.2) is 28.6 Å². The Labute approximate surface area is 153 Å². The number of rotatable bonds is 4. The fourth-order valence-electron chi connectivity index (χ4n) is 2.95. The number of nitrogens with one attached hydrogen (secondary N) is 1. The normalized spacial score (nSPS) is 16.6. The highest BCUT2D eigenvalue weighted by Gasteiger charge is 2.35. The fraction of sp³-hybridized carbons (Fsp3) is 0.158. The van der Waals surface area contributed by atoms with Crippen molar-refractivity contribution in [2.24, 2.45) is 0 Å². The summed E-state index contributed by atoms with van der Waals surface area (Å²) in [7, 11) is 0. The van der Waals surface area contributed by atoms with Gasteiger partial charge in [0, 0.05) is 24.2 Å². The topological polar surface area (TPSA) is 88.3 Å². The Balaban J connectivity index is 1.45. The first-order valence-electron chi connectivity index (χ1n) is 8.36. The molecule has 1 aliphatic heterocycles. The van der Waals surface area contributed by atoms with Gasteiger partial charge in [0.05, 0.1) is 5.92 Å². The monoisotopic (exact) mass is 366 g/mol. The summed E-state index contributed by atoms with van der Waals surface area (Å²) in [6, 6.07) is 14.3. The van der Waals surface area contributed by atoms with Gasteiger partial charge in [-0.25, -0.2) is 4.39 Å². The van der Waals surface area contributed by atoms with E-state index in [1.807, 2.05) is 6.07 Å². The average Bonchev–Trinajstić information content (AvgIpc) is 3.30. The third-order valence-corrected chi connectivity index (χ3v) is 4.31. The van der Waals surface area contributed by atoms with Gasteiger partial charge in [-0.3, -0.25) is 14.9 Å². The standard InChI is InChI=1S/C19H15FN4O3/c20-14-6-8-15(9-7-14)24-11-13(10-16(24)25)18-22-23-19(27-18)21-17(26)12-4-2-1-3-5-12/h1-9,13H,10-11H2,(H,21,23,26)/t13-/m0/s1. The number of nitrogens with zero attached hydrogens (tertiary/aromatic N) is 3. The van der Waals surface area contributed by atoms with E-state index in [0.717, 1.165) is 0 Å². The lowest BCUT2D eigenvalue weighted by Crippen LogP contribution is -2.24. The third kappa shape index (κ3) is 3.55. The van der Waals surface area contributed by atoms with Crippen LogP contribution < -0.4 is 10.2 Å². The van der Waals surface area contributed by atoms with Gasteiger partial charge in [0.1, 0.15) is 5.82 Å². The van der Waals surface area contributed by atoms with Crippen LogP contribution in [0.1, 0.15) is 28.6 Å². The Kier molecular flexibility index (Phi) is 4.37. The zero-order valence-electron chi connectivity index (χ0n) is 14.1. The molecule has 8 heteroatoms. The molecule has 1 fully saturated rings. The first-order chi connectivity index (χ1) is 13.1. The largest absolute Gasteiger partial charge is 0.407 e. The van der Waals surface area contributed by atoms with Gasteiger partial charge in [0.15, 0.2) is 0 Å². The van der Waals surface area contributed by atoms with Crippen molar-refractivity contribution < 1.29 is 18.4 Å². The van der Waals surface area contributed by atoms with Crippen LogP contribution in [-0.2, 0) is 4.79 Å². The van der Waals surface area contributed by atoms with Gasteiger partial charge >= 0.3 is 6.01 Å². The van der Waals surface area contributed by atoms with E-state index in [2.05, 4.69) is 15.5 Å². The van der Waals surface area contributed by atoms with Crippen LogP contribution in [0, 0.1) is 5.82 Å². The van der Waals surface area contributed by atoms with E-state index < -0.39 is 0 Å². The molecule has 1 aromatic heterocycles. The Hall–Kier alpha value is -3.55. The molecule has 0 radical (unpaired) electrons. The van der Waals surface area contributed by atoms with E-state index in [0.29, 0.717) is 17.8 Å². The van der Waals surface area contributed by atoms with Crippen LogP contribution in [0.2, 0.25) is 0 Å². The maximum Gasteiger partial charge on any atom is 0.322 e. The SMILES string of the molecule is O=C(Nc1nnc([C@H]2CC(=O)N(c3ccc(F)cc3)C2)o1)c1ccccc1. The minimum absolute atomic E-state index is 0.0217. The van der Waals surface area contributed by atoms with Crippen LogP contribution >= 0.6 is 0 Å². The second-order valence-corrected chi connectivity index (χ2v) is 6.15. The summed E-state index contributed by atoms with van der Waals surface area (Å²) in [6.07, 6.45) is 0.200. The lowest BCUT2D eigenvalue weighted by molar-refractivity contribution is -0.117. The molecule has 136 valence electrons. The molecule has 3 aromatic rings. The Morgan fingerprint density at radius 1 is 1.11 bits per heavy atom. The molecular weight excluding hydrogens is 351 g/mol. The molecule has 0 bridgehead atoms. The van der Waals surface area contributed by atoms with E-state index in [9.17, 15) is 14.0 Å². The molecule has 2 heterocycles. The van der Waals surface area contributed by atoms with Crippen molar-refractivity contribution in [1.82, 2.24) is 10.2 Å². The second kappa shape index (κ2) is 6.99. The lowest BCUT2D eigenvalue weighted by Gasteiger charge is -2.15. The van der Waals surface area contributed by atoms with Crippen LogP contribution in [0.4, 0.5) is 16.1 Å². The summed E-state index contributed by atoms with van der Waals surface area (Å²) in [5, 5.41) is 10.3. The van der Waals surface area contributed by atoms with Gasteiger partial charge in [-0.15, -0.1) is 5.10 Å². The highest BCUT2D eigenvalue weighted by molar-refractivity contribution is 6.03. The number of hydrogen-bond donors (Lipinski definition) is 1. The van der Waals surface area contributed by atoms with Crippen molar-refractivity contribution in [1.29, 1.82) is 0 Å². The molecule has 0 spiro atoms. The predicted molar refractivity (Wildman–Crippen MR) is 94.8 cm³/mol. The van der Waals surface area contributed by atoms with Gasteiger partial charge in [-0.05, 0) is 36.4 Å². The maximum atomic E-state index is 13.1. The van der Waals surface area contributed by atoms with Crippen molar-refractivity contribution in [3.8, 4) is 0 Å². The Bertz CT molecular complexity index is 972. The number of carbonyl (C=O) groups is 2.